The Bertz CT molecular complexity index is 880. The molecule has 0 radical (unpaired) electrons. The highest BCUT2D eigenvalue weighted by Crippen LogP contribution is 2.33. The summed E-state index contributed by atoms with van der Waals surface area (Å²) in [5.41, 5.74) is 2.61. The van der Waals surface area contributed by atoms with Gasteiger partial charge in [0.05, 0.1) is 18.2 Å². The van der Waals surface area contributed by atoms with Crippen molar-refractivity contribution in [2.45, 2.75) is 41.8 Å². The number of nitriles is 1. The van der Waals surface area contributed by atoms with Crippen LogP contribution in [-0.2, 0) is 22.3 Å². The van der Waals surface area contributed by atoms with Gasteiger partial charge >= 0.3 is 0 Å². The Morgan fingerprint density at radius 2 is 1.76 bits per heavy atom. The minimum Gasteiger partial charge on any atom is -0.612 e. The van der Waals surface area contributed by atoms with E-state index in [1.807, 2.05) is 12.1 Å². The van der Waals surface area contributed by atoms with Gasteiger partial charge in [-0.1, -0.05) is 24.3 Å². The van der Waals surface area contributed by atoms with Crippen molar-refractivity contribution in [3.8, 4) is 6.07 Å². The third-order valence-corrected chi connectivity index (χ3v) is 6.06. The van der Waals surface area contributed by atoms with Crippen molar-refractivity contribution >= 4 is 11.2 Å². The van der Waals surface area contributed by atoms with Crippen molar-refractivity contribution < 1.29 is 29.7 Å². The quantitative estimate of drug-likeness (QED) is 0.517. The maximum absolute atomic E-state index is 11.5. The SMILES string of the molecule is C[S+]([O-])c1ccc(Cc2cc([C@@H]3O[C@H](CO)[C@@H](O)[C@H](O)[C@H]3O)ccc2C#N)cc1. The average molecular weight is 417 g/mol. The van der Waals surface area contributed by atoms with E-state index in [1.54, 1.807) is 36.6 Å². The number of rotatable bonds is 5. The molecular formula is C21H23NO6S. The fourth-order valence-electron chi connectivity index (χ4n) is 3.44. The zero-order valence-electron chi connectivity index (χ0n) is 15.8. The molecule has 1 aliphatic rings. The lowest BCUT2D eigenvalue weighted by atomic mass is 9.89. The lowest BCUT2D eigenvalue weighted by molar-refractivity contribution is -0.231. The number of aliphatic hydroxyl groups is 4. The van der Waals surface area contributed by atoms with E-state index in [4.69, 9.17) is 4.74 Å². The Balaban J connectivity index is 1.89. The lowest BCUT2D eigenvalue weighted by Gasteiger charge is -2.40. The zero-order valence-corrected chi connectivity index (χ0v) is 16.6. The predicted molar refractivity (Wildman–Crippen MR) is 105 cm³/mol. The van der Waals surface area contributed by atoms with Crippen molar-refractivity contribution in [1.29, 1.82) is 5.26 Å². The molecule has 2 aromatic rings. The molecule has 0 spiro atoms. The number of hydrogen-bond donors (Lipinski definition) is 4. The summed E-state index contributed by atoms with van der Waals surface area (Å²) in [4.78, 5) is 0.712. The van der Waals surface area contributed by atoms with E-state index in [0.29, 0.717) is 28.0 Å². The highest BCUT2D eigenvalue weighted by atomic mass is 32.2. The summed E-state index contributed by atoms with van der Waals surface area (Å²) in [5, 5.41) is 49.2. The predicted octanol–water partition coefficient (Wildman–Crippen LogP) is 0.401. The van der Waals surface area contributed by atoms with Crippen LogP contribution in [0.25, 0.3) is 0 Å². The first kappa shape index (κ1) is 21.7. The summed E-state index contributed by atoms with van der Waals surface area (Å²) in [6.07, 6.45) is -4.19. The smallest absolute Gasteiger partial charge is 0.152 e. The fraction of sp³-hybridized carbons (Fsp3) is 0.381. The van der Waals surface area contributed by atoms with E-state index in [0.717, 1.165) is 5.56 Å². The summed E-state index contributed by atoms with van der Waals surface area (Å²) >= 11 is -1.07. The monoisotopic (exact) mass is 417 g/mol. The molecule has 1 heterocycles. The van der Waals surface area contributed by atoms with Gasteiger partial charge in [-0.2, -0.15) is 5.26 Å². The standard InChI is InChI=1S/C21H23NO6S/c1-29(27)16-6-2-12(3-7-16)8-15-9-13(4-5-14(15)10-22)21-20(26)19(25)18(24)17(11-23)28-21/h2-7,9,17-21,23-26H,8,11H2,1H3/t17-,18-,19+,20-,21+,29?/m1/s1. The Hall–Kier alpha value is -1.96. The first-order valence-electron chi connectivity index (χ1n) is 9.11. The molecule has 7 nitrogen and oxygen atoms in total. The second-order valence-electron chi connectivity index (χ2n) is 7.05. The Kier molecular flexibility index (Phi) is 6.93. The minimum absolute atomic E-state index is 0.435. The Morgan fingerprint density at radius 1 is 1.07 bits per heavy atom. The summed E-state index contributed by atoms with van der Waals surface area (Å²) in [5.74, 6) is 0. The molecule has 0 saturated carbocycles. The zero-order chi connectivity index (χ0) is 21.1. The third kappa shape index (κ3) is 4.63. The van der Waals surface area contributed by atoms with Crippen LogP contribution < -0.4 is 0 Å². The maximum Gasteiger partial charge on any atom is 0.152 e. The van der Waals surface area contributed by atoms with E-state index >= 15 is 0 Å². The van der Waals surface area contributed by atoms with Crippen LogP contribution in [0.4, 0.5) is 0 Å². The van der Waals surface area contributed by atoms with Crippen LogP contribution in [0.15, 0.2) is 47.4 Å². The molecule has 2 aromatic carbocycles. The number of nitrogens with zero attached hydrogens (tertiary/aromatic N) is 1. The molecule has 8 heteroatoms. The molecule has 0 bridgehead atoms. The van der Waals surface area contributed by atoms with Gasteiger partial charge in [0, 0.05) is 0 Å². The Morgan fingerprint density at radius 3 is 2.34 bits per heavy atom. The normalized spacial score (nSPS) is 28.0. The second-order valence-corrected chi connectivity index (χ2v) is 8.43. The van der Waals surface area contributed by atoms with Gasteiger partial charge in [0.25, 0.3) is 0 Å². The third-order valence-electron chi connectivity index (χ3n) is 5.12. The molecule has 29 heavy (non-hydrogen) atoms. The summed E-state index contributed by atoms with van der Waals surface area (Å²) in [7, 11) is 0. The van der Waals surface area contributed by atoms with Gasteiger partial charge < -0.3 is 29.7 Å². The van der Waals surface area contributed by atoms with Gasteiger partial charge in [-0.05, 0) is 52.5 Å². The number of aliphatic hydroxyl groups excluding tert-OH is 4. The van der Waals surface area contributed by atoms with Crippen molar-refractivity contribution in [2.24, 2.45) is 0 Å². The van der Waals surface area contributed by atoms with Crippen molar-refractivity contribution in [1.82, 2.24) is 0 Å². The topological polar surface area (TPSA) is 137 Å². The molecule has 1 unspecified atom stereocenters. The van der Waals surface area contributed by atoms with E-state index in [-0.39, 0.29) is 0 Å². The molecule has 154 valence electrons. The molecular weight excluding hydrogens is 394 g/mol. The average Bonchev–Trinajstić information content (AvgIpc) is 2.72. The van der Waals surface area contributed by atoms with E-state index < -0.39 is 48.3 Å². The van der Waals surface area contributed by atoms with Crippen LogP contribution in [0.1, 0.15) is 28.4 Å². The highest BCUT2D eigenvalue weighted by molar-refractivity contribution is 7.90. The van der Waals surface area contributed by atoms with Crippen molar-refractivity contribution in [3.63, 3.8) is 0 Å². The van der Waals surface area contributed by atoms with Crippen LogP contribution in [0.5, 0.6) is 0 Å². The molecule has 0 amide bonds. The van der Waals surface area contributed by atoms with Crippen LogP contribution in [-0.4, -0.2) is 62.3 Å². The maximum atomic E-state index is 11.5. The van der Waals surface area contributed by atoms with Crippen LogP contribution in [0.3, 0.4) is 0 Å². The summed E-state index contributed by atoms with van der Waals surface area (Å²) in [6, 6.07) is 14.3. The summed E-state index contributed by atoms with van der Waals surface area (Å²) < 4.78 is 17.2. The molecule has 6 atom stereocenters. The highest BCUT2D eigenvalue weighted by Gasteiger charge is 2.44. The fourth-order valence-corrected chi connectivity index (χ4v) is 3.96. The second kappa shape index (κ2) is 9.24. The lowest BCUT2D eigenvalue weighted by Crippen LogP contribution is -2.55. The van der Waals surface area contributed by atoms with Gasteiger partial charge in [-0.15, -0.1) is 0 Å². The Labute approximate surface area is 172 Å². The van der Waals surface area contributed by atoms with Crippen LogP contribution in [0.2, 0.25) is 0 Å². The van der Waals surface area contributed by atoms with Crippen LogP contribution in [0, 0.1) is 11.3 Å². The largest absolute Gasteiger partial charge is 0.612 e. The summed E-state index contributed by atoms with van der Waals surface area (Å²) in [6.45, 7) is -0.504. The molecule has 1 aliphatic heterocycles. The molecule has 4 N–H and O–H groups in total. The van der Waals surface area contributed by atoms with E-state index in [2.05, 4.69) is 6.07 Å². The number of hydrogen-bond acceptors (Lipinski definition) is 7. The van der Waals surface area contributed by atoms with E-state index in [1.165, 1.54) is 0 Å². The van der Waals surface area contributed by atoms with Gasteiger partial charge in [0.1, 0.15) is 36.8 Å². The first-order chi connectivity index (χ1) is 13.8. The molecule has 0 aromatic heterocycles. The van der Waals surface area contributed by atoms with E-state index in [9.17, 15) is 30.2 Å². The van der Waals surface area contributed by atoms with Crippen LogP contribution >= 0.6 is 0 Å². The van der Waals surface area contributed by atoms with Gasteiger partial charge in [-0.25, -0.2) is 0 Å². The molecule has 1 fully saturated rings. The van der Waals surface area contributed by atoms with Gasteiger partial charge in [0.15, 0.2) is 4.90 Å². The minimum atomic E-state index is -1.47. The number of benzene rings is 2. The van der Waals surface area contributed by atoms with Crippen molar-refractivity contribution in [3.05, 3.63) is 64.7 Å². The van der Waals surface area contributed by atoms with Gasteiger partial charge in [0.2, 0.25) is 0 Å². The first-order valence-corrected chi connectivity index (χ1v) is 10.7. The number of ether oxygens (including phenoxy) is 1. The van der Waals surface area contributed by atoms with Crippen molar-refractivity contribution in [2.75, 3.05) is 12.9 Å². The molecule has 1 saturated heterocycles. The molecule has 0 aliphatic carbocycles. The van der Waals surface area contributed by atoms with Gasteiger partial charge in [-0.3, -0.25) is 0 Å². The molecule has 3 rings (SSSR count).